The molecule has 9 heteroatoms. The number of nitrogens with one attached hydrogen (secondary N) is 1. The van der Waals surface area contributed by atoms with E-state index in [-0.39, 0.29) is 21.8 Å². The highest BCUT2D eigenvalue weighted by molar-refractivity contribution is 7.20. The Labute approximate surface area is 144 Å². The van der Waals surface area contributed by atoms with Crippen LogP contribution in [0, 0.1) is 12.7 Å². The summed E-state index contributed by atoms with van der Waals surface area (Å²) in [5, 5.41) is 9.65. The Kier molecular flexibility index (Phi) is 4.25. The van der Waals surface area contributed by atoms with Gasteiger partial charge in [0.25, 0.3) is 5.56 Å². The summed E-state index contributed by atoms with van der Waals surface area (Å²) in [5.74, 6) is -1.54. The molecule has 2 aromatic heterocycles. The predicted molar refractivity (Wildman–Crippen MR) is 90.1 cm³/mol. The van der Waals surface area contributed by atoms with Gasteiger partial charge < -0.3 is 10.5 Å². The molecule has 0 amide bonds. The Morgan fingerprint density at radius 1 is 1.50 bits per heavy atom. The van der Waals surface area contributed by atoms with Crippen LogP contribution in [0.25, 0.3) is 10.2 Å². The van der Waals surface area contributed by atoms with Crippen molar-refractivity contribution in [2.24, 2.45) is 0 Å². The largest absolute Gasteiger partial charge is 0.477 e. The number of thiophene rings is 1. The molecule has 3 aromatic rings. The molecule has 2 N–H and O–H groups in total. The molecular formula is C15H11ClFN3O3S. The number of rotatable bonds is 4. The van der Waals surface area contributed by atoms with Gasteiger partial charge in [-0.1, -0.05) is 17.7 Å². The van der Waals surface area contributed by atoms with Crippen molar-refractivity contribution in [2.45, 2.75) is 13.5 Å². The van der Waals surface area contributed by atoms with Gasteiger partial charge in [-0.3, -0.25) is 4.79 Å². The van der Waals surface area contributed by atoms with Gasteiger partial charge in [0, 0.05) is 5.02 Å². The first kappa shape index (κ1) is 16.4. The van der Waals surface area contributed by atoms with Crippen LogP contribution in [0.15, 0.2) is 29.3 Å². The van der Waals surface area contributed by atoms with Crippen LogP contribution in [0.1, 0.15) is 20.8 Å². The molecule has 0 spiro atoms. The van der Waals surface area contributed by atoms with Crippen molar-refractivity contribution >= 4 is 39.1 Å². The van der Waals surface area contributed by atoms with Crippen LogP contribution in [-0.2, 0) is 6.54 Å². The molecule has 2 heterocycles. The molecule has 0 aliphatic rings. The van der Waals surface area contributed by atoms with Crippen LogP contribution in [0.4, 0.5) is 4.39 Å². The number of benzene rings is 1. The fourth-order valence-electron chi connectivity index (χ4n) is 2.28. The zero-order valence-electron chi connectivity index (χ0n) is 12.3. The molecular weight excluding hydrogens is 357 g/mol. The van der Waals surface area contributed by atoms with Crippen molar-refractivity contribution in [2.75, 3.05) is 5.43 Å². The number of hydrogen-bond donors (Lipinski definition) is 2. The molecule has 0 saturated carbocycles. The molecule has 0 atom stereocenters. The first-order valence-electron chi connectivity index (χ1n) is 6.80. The highest BCUT2D eigenvalue weighted by Gasteiger charge is 2.18. The van der Waals surface area contributed by atoms with Crippen molar-refractivity contribution in [1.29, 1.82) is 0 Å². The molecule has 24 heavy (non-hydrogen) atoms. The first-order chi connectivity index (χ1) is 11.4. The minimum Gasteiger partial charge on any atom is -0.477 e. The maximum atomic E-state index is 13.0. The Hall–Kier alpha value is -2.45. The lowest BCUT2D eigenvalue weighted by Crippen LogP contribution is -2.29. The number of halogens is 2. The van der Waals surface area contributed by atoms with Gasteiger partial charge in [-0.05, 0) is 30.2 Å². The van der Waals surface area contributed by atoms with Crippen molar-refractivity contribution in [1.82, 2.24) is 9.66 Å². The quantitative estimate of drug-likeness (QED) is 0.740. The smallest absolute Gasteiger partial charge is 0.346 e. The summed E-state index contributed by atoms with van der Waals surface area (Å²) >= 11 is 6.91. The summed E-state index contributed by atoms with van der Waals surface area (Å²) in [6, 6.07) is 3.97. The molecule has 3 rings (SSSR count). The van der Waals surface area contributed by atoms with E-state index in [1.54, 1.807) is 6.92 Å². The number of aryl methyl sites for hydroxylation is 1. The highest BCUT2D eigenvalue weighted by atomic mass is 35.5. The molecule has 0 unspecified atom stereocenters. The van der Waals surface area contributed by atoms with Gasteiger partial charge in [-0.15, -0.1) is 11.3 Å². The molecule has 0 fully saturated rings. The van der Waals surface area contributed by atoms with E-state index in [1.807, 2.05) is 0 Å². The molecule has 0 aliphatic carbocycles. The number of aromatic nitrogens is 2. The van der Waals surface area contributed by atoms with E-state index >= 15 is 0 Å². The minimum atomic E-state index is -1.09. The minimum absolute atomic E-state index is 0.0916. The predicted octanol–water partition coefficient (Wildman–Crippen LogP) is 3.00. The van der Waals surface area contributed by atoms with Crippen molar-refractivity contribution < 1.29 is 14.3 Å². The molecule has 124 valence electrons. The van der Waals surface area contributed by atoms with E-state index in [0.717, 1.165) is 16.0 Å². The Morgan fingerprint density at radius 2 is 2.25 bits per heavy atom. The van der Waals surface area contributed by atoms with E-state index < -0.39 is 17.3 Å². The van der Waals surface area contributed by atoms with Crippen LogP contribution in [0.2, 0.25) is 5.02 Å². The topological polar surface area (TPSA) is 84.2 Å². The standard InChI is InChI=1S/C15H11ClFN3O3S/c1-7-11-13(24-12(7)15(22)23)18-6-20(14(11)21)19-5-8-2-3-9(17)4-10(8)16/h2-4,6,19H,5H2,1H3,(H,22,23). The summed E-state index contributed by atoms with van der Waals surface area (Å²) in [7, 11) is 0. The number of aromatic carboxylic acids is 1. The van der Waals surface area contributed by atoms with E-state index in [1.165, 1.54) is 24.5 Å². The van der Waals surface area contributed by atoms with Crippen LogP contribution >= 0.6 is 22.9 Å². The Bertz CT molecular complexity index is 1020. The molecule has 6 nitrogen and oxygen atoms in total. The lowest BCUT2D eigenvalue weighted by Gasteiger charge is -2.10. The van der Waals surface area contributed by atoms with Gasteiger partial charge >= 0.3 is 5.97 Å². The number of carboxylic acids is 1. The van der Waals surface area contributed by atoms with Crippen LogP contribution in [0.3, 0.4) is 0 Å². The van der Waals surface area contributed by atoms with Gasteiger partial charge in [-0.2, -0.15) is 0 Å². The second-order valence-corrected chi connectivity index (χ2v) is 6.44. The normalized spacial score (nSPS) is 11.0. The SMILES string of the molecule is Cc1c(C(=O)O)sc2ncn(NCc3ccc(F)cc3Cl)c(=O)c12. The van der Waals surface area contributed by atoms with E-state index in [2.05, 4.69) is 10.4 Å². The fraction of sp³-hybridized carbons (Fsp3) is 0.133. The Morgan fingerprint density at radius 3 is 2.92 bits per heavy atom. The molecule has 1 aromatic carbocycles. The zero-order chi connectivity index (χ0) is 17.4. The number of fused-ring (bicyclic) bond motifs is 1. The third-order valence-corrected chi connectivity index (χ3v) is 5.04. The fourth-order valence-corrected chi connectivity index (χ4v) is 3.49. The molecule has 0 bridgehead atoms. The molecule has 0 aliphatic heterocycles. The number of hydrogen-bond acceptors (Lipinski definition) is 5. The summed E-state index contributed by atoms with van der Waals surface area (Å²) < 4.78 is 14.2. The average molecular weight is 368 g/mol. The first-order valence-corrected chi connectivity index (χ1v) is 7.99. The maximum absolute atomic E-state index is 13.0. The van der Waals surface area contributed by atoms with Crippen LogP contribution in [-0.4, -0.2) is 20.7 Å². The highest BCUT2D eigenvalue weighted by Crippen LogP contribution is 2.26. The zero-order valence-corrected chi connectivity index (χ0v) is 13.9. The molecule has 0 saturated heterocycles. The summed E-state index contributed by atoms with van der Waals surface area (Å²) in [6.45, 7) is 1.76. The van der Waals surface area contributed by atoms with Crippen LogP contribution < -0.4 is 11.0 Å². The maximum Gasteiger partial charge on any atom is 0.346 e. The van der Waals surface area contributed by atoms with Crippen molar-refractivity contribution in [3.63, 3.8) is 0 Å². The number of carbonyl (C=O) groups is 1. The van der Waals surface area contributed by atoms with E-state index in [4.69, 9.17) is 16.7 Å². The van der Waals surface area contributed by atoms with Gasteiger partial charge in [0.15, 0.2) is 0 Å². The summed E-state index contributed by atoms with van der Waals surface area (Å²) in [5.41, 5.74) is 3.43. The third kappa shape index (κ3) is 2.85. The summed E-state index contributed by atoms with van der Waals surface area (Å²) in [4.78, 5) is 28.3. The van der Waals surface area contributed by atoms with Crippen molar-refractivity contribution in [3.8, 4) is 0 Å². The van der Waals surface area contributed by atoms with Gasteiger partial charge in [0.1, 0.15) is 21.9 Å². The van der Waals surface area contributed by atoms with Crippen molar-refractivity contribution in [3.05, 3.63) is 61.7 Å². The second kappa shape index (κ2) is 6.21. The Balaban J connectivity index is 1.96. The third-order valence-electron chi connectivity index (χ3n) is 3.50. The van der Waals surface area contributed by atoms with Gasteiger partial charge in [0.05, 0.1) is 11.9 Å². The second-order valence-electron chi connectivity index (χ2n) is 5.03. The lowest BCUT2D eigenvalue weighted by atomic mass is 10.2. The van der Waals surface area contributed by atoms with E-state index in [0.29, 0.717) is 16.0 Å². The average Bonchev–Trinajstić information content (AvgIpc) is 2.86. The van der Waals surface area contributed by atoms with Crippen LogP contribution in [0.5, 0.6) is 0 Å². The molecule has 0 radical (unpaired) electrons. The summed E-state index contributed by atoms with van der Waals surface area (Å²) in [6.07, 6.45) is 1.28. The number of nitrogens with zero attached hydrogens (tertiary/aromatic N) is 2. The van der Waals surface area contributed by atoms with Gasteiger partial charge in [-0.25, -0.2) is 18.8 Å². The lowest BCUT2D eigenvalue weighted by molar-refractivity contribution is 0.0701. The van der Waals surface area contributed by atoms with Gasteiger partial charge in [0.2, 0.25) is 0 Å². The monoisotopic (exact) mass is 367 g/mol. The van der Waals surface area contributed by atoms with E-state index in [9.17, 15) is 14.0 Å². The number of carboxylic acid groups (broad SMARTS) is 1.